The SMILES string of the molecule is CCCC[C@]1(CC)CSc2cc(CN(CP(OCC)OCC)CP(=O)(OCC)OCC)c(OC)cc2[C@@H](C)N1. The summed E-state index contributed by atoms with van der Waals surface area (Å²) in [7, 11) is -2.80. The van der Waals surface area contributed by atoms with Gasteiger partial charge in [0.15, 0.2) is 8.38 Å². The third kappa shape index (κ3) is 10.5. The second-order valence-corrected chi connectivity index (χ2v) is 14.3. The number of nitrogens with one attached hydrogen (secondary N) is 1. The quantitative estimate of drug-likeness (QED) is 0.157. The van der Waals surface area contributed by atoms with Crippen molar-refractivity contribution < 1.29 is 27.4 Å². The fourth-order valence-corrected chi connectivity index (χ4v) is 9.65. The van der Waals surface area contributed by atoms with Crippen LogP contribution in [0.4, 0.5) is 0 Å². The third-order valence-corrected chi connectivity index (χ3v) is 12.0. The number of thioether (sulfide) groups is 1. The van der Waals surface area contributed by atoms with E-state index >= 15 is 0 Å². The summed E-state index contributed by atoms with van der Waals surface area (Å²) in [6.45, 7) is 16.6. The van der Waals surface area contributed by atoms with Gasteiger partial charge in [0.1, 0.15) is 12.0 Å². The molecular weight excluding hydrogens is 554 g/mol. The molecule has 8 nitrogen and oxygen atoms in total. The van der Waals surface area contributed by atoms with E-state index in [0.29, 0.717) is 39.3 Å². The predicted molar refractivity (Wildman–Crippen MR) is 164 cm³/mol. The molecule has 0 saturated carbocycles. The van der Waals surface area contributed by atoms with Crippen LogP contribution < -0.4 is 10.1 Å². The van der Waals surface area contributed by atoms with E-state index in [1.54, 1.807) is 7.11 Å². The van der Waals surface area contributed by atoms with E-state index < -0.39 is 16.0 Å². The fourth-order valence-electron chi connectivity index (χ4n) is 4.94. The molecule has 39 heavy (non-hydrogen) atoms. The van der Waals surface area contributed by atoms with Gasteiger partial charge < -0.3 is 28.1 Å². The highest BCUT2D eigenvalue weighted by Gasteiger charge is 2.35. The van der Waals surface area contributed by atoms with Crippen LogP contribution in [0.15, 0.2) is 17.0 Å². The van der Waals surface area contributed by atoms with E-state index in [2.05, 4.69) is 43.1 Å². The summed E-state index contributed by atoms with van der Waals surface area (Å²) in [6.07, 6.45) is 5.32. The van der Waals surface area contributed by atoms with Crippen LogP contribution >= 0.6 is 27.7 Å². The number of hydrogen-bond acceptors (Lipinski definition) is 9. The number of rotatable bonds is 19. The summed E-state index contributed by atoms with van der Waals surface area (Å²) >= 11 is 1.93. The van der Waals surface area contributed by atoms with Gasteiger partial charge in [-0.15, -0.1) is 11.8 Å². The Balaban J connectivity index is 2.43. The number of fused-ring (bicyclic) bond motifs is 1. The summed E-state index contributed by atoms with van der Waals surface area (Å²) in [5.74, 6) is 1.85. The molecule has 11 heteroatoms. The van der Waals surface area contributed by atoms with Crippen LogP contribution in [0.5, 0.6) is 5.75 Å². The van der Waals surface area contributed by atoms with Crippen molar-refractivity contribution in [1.82, 2.24) is 10.2 Å². The Morgan fingerprint density at radius 3 is 2.28 bits per heavy atom. The van der Waals surface area contributed by atoms with Crippen LogP contribution in [0.1, 0.15) is 91.3 Å². The lowest BCUT2D eigenvalue weighted by atomic mass is 9.90. The van der Waals surface area contributed by atoms with E-state index in [9.17, 15) is 4.57 Å². The molecule has 1 heterocycles. The molecule has 2 rings (SSSR count). The van der Waals surface area contributed by atoms with Gasteiger partial charge in [-0.1, -0.05) is 26.7 Å². The molecule has 0 aliphatic carbocycles. The molecule has 0 unspecified atom stereocenters. The van der Waals surface area contributed by atoms with E-state index in [1.165, 1.54) is 29.7 Å². The molecular formula is C28H52N2O6P2S. The van der Waals surface area contributed by atoms with E-state index in [0.717, 1.165) is 23.5 Å². The summed E-state index contributed by atoms with van der Waals surface area (Å²) in [5.41, 5.74) is 2.42. The Labute approximate surface area is 243 Å². The molecule has 0 radical (unpaired) electrons. The number of hydrogen-bond donors (Lipinski definition) is 1. The minimum atomic E-state index is -3.33. The molecule has 0 fully saturated rings. The van der Waals surface area contributed by atoms with Crippen molar-refractivity contribution in [2.75, 3.05) is 51.9 Å². The first kappa shape index (κ1) is 35.0. The Morgan fingerprint density at radius 1 is 1.08 bits per heavy atom. The zero-order valence-corrected chi connectivity index (χ0v) is 28.0. The molecule has 1 aromatic rings. The topological polar surface area (TPSA) is 78.5 Å². The predicted octanol–water partition coefficient (Wildman–Crippen LogP) is 8.16. The average Bonchev–Trinajstić information content (AvgIpc) is 3.03. The maximum absolute atomic E-state index is 13.6. The van der Waals surface area contributed by atoms with Crippen molar-refractivity contribution >= 4 is 27.7 Å². The summed E-state index contributed by atoms with van der Waals surface area (Å²) in [6, 6.07) is 4.65. The fraction of sp³-hybridized carbons (Fsp3) is 0.786. The molecule has 0 aromatic heterocycles. The van der Waals surface area contributed by atoms with Crippen LogP contribution in [-0.2, 0) is 29.2 Å². The van der Waals surface area contributed by atoms with Gasteiger partial charge in [0, 0.05) is 34.3 Å². The summed E-state index contributed by atoms with van der Waals surface area (Å²) in [4.78, 5) is 3.35. The molecule has 0 spiro atoms. The highest BCUT2D eigenvalue weighted by atomic mass is 32.2. The largest absolute Gasteiger partial charge is 0.496 e. The van der Waals surface area contributed by atoms with Gasteiger partial charge in [-0.05, 0) is 65.2 Å². The zero-order valence-electron chi connectivity index (χ0n) is 25.4. The molecule has 2 atom stereocenters. The monoisotopic (exact) mass is 606 g/mol. The zero-order chi connectivity index (χ0) is 28.9. The number of ether oxygens (including phenoxy) is 1. The Morgan fingerprint density at radius 2 is 1.74 bits per heavy atom. The molecule has 0 bridgehead atoms. The van der Waals surface area contributed by atoms with Gasteiger partial charge in [-0.3, -0.25) is 9.46 Å². The van der Waals surface area contributed by atoms with E-state index in [1.807, 2.05) is 39.5 Å². The van der Waals surface area contributed by atoms with Crippen LogP contribution in [0.3, 0.4) is 0 Å². The second-order valence-electron chi connectivity index (χ2n) is 9.82. The first-order valence-electron chi connectivity index (χ1n) is 14.5. The van der Waals surface area contributed by atoms with Gasteiger partial charge >= 0.3 is 7.60 Å². The van der Waals surface area contributed by atoms with Crippen LogP contribution in [0.25, 0.3) is 0 Å². The minimum Gasteiger partial charge on any atom is -0.496 e. The Kier molecular flexibility index (Phi) is 15.9. The minimum absolute atomic E-state index is 0.116. The van der Waals surface area contributed by atoms with Crippen molar-refractivity contribution in [1.29, 1.82) is 0 Å². The summed E-state index contributed by atoms with van der Waals surface area (Å²) < 4.78 is 42.6. The lowest BCUT2D eigenvalue weighted by molar-refractivity contribution is 0.194. The highest BCUT2D eigenvalue weighted by molar-refractivity contribution is 7.99. The molecule has 1 aromatic carbocycles. The molecule has 226 valence electrons. The van der Waals surface area contributed by atoms with Crippen LogP contribution in [0, 0.1) is 0 Å². The second kappa shape index (κ2) is 17.7. The lowest BCUT2D eigenvalue weighted by Crippen LogP contribution is -2.47. The molecule has 1 N–H and O–H groups in total. The van der Waals surface area contributed by atoms with Gasteiger partial charge in [-0.25, -0.2) is 0 Å². The van der Waals surface area contributed by atoms with Gasteiger partial charge in [0.05, 0.1) is 39.8 Å². The van der Waals surface area contributed by atoms with Crippen LogP contribution in [0.2, 0.25) is 0 Å². The van der Waals surface area contributed by atoms with Crippen molar-refractivity contribution in [2.24, 2.45) is 0 Å². The maximum atomic E-state index is 13.6. The summed E-state index contributed by atoms with van der Waals surface area (Å²) in [5, 5.41) is 3.97. The Hall–Kier alpha value is -0.210. The van der Waals surface area contributed by atoms with Crippen molar-refractivity contribution in [3.63, 3.8) is 0 Å². The number of benzene rings is 1. The molecule has 1 aliphatic heterocycles. The standard InChI is InChI=1S/C28H52N2O6P2S/c1-9-15-16-28(10-2)20-39-27-17-24(26(32-8)18-25(27)23(7)29-28)19-30(21-37(33-11-3)34-12-4)22-38(31,35-13-5)36-14-6/h17-18,23,29H,9-16,19-22H2,1-8H3/t23-,28-/m1/s1. The van der Waals surface area contributed by atoms with Crippen molar-refractivity contribution in [3.8, 4) is 5.75 Å². The number of unbranched alkanes of at least 4 members (excludes halogenated alkanes) is 1. The van der Waals surface area contributed by atoms with Gasteiger partial charge in [-0.2, -0.15) is 0 Å². The lowest BCUT2D eigenvalue weighted by Gasteiger charge is -2.35. The van der Waals surface area contributed by atoms with Crippen molar-refractivity contribution in [3.05, 3.63) is 23.3 Å². The highest BCUT2D eigenvalue weighted by Crippen LogP contribution is 2.51. The number of nitrogens with zero attached hydrogens (tertiary/aromatic N) is 1. The molecule has 0 amide bonds. The molecule has 0 saturated heterocycles. The Bertz CT molecular complexity index is 895. The average molecular weight is 607 g/mol. The smallest absolute Gasteiger partial charge is 0.344 e. The number of methoxy groups -OCH3 is 1. The van der Waals surface area contributed by atoms with Gasteiger partial charge in [0.25, 0.3) is 0 Å². The van der Waals surface area contributed by atoms with Gasteiger partial charge in [0.2, 0.25) is 0 Å². The maximum Gasteiger partial charge on any atom is 0.344 e. The van der Waals surface area contributed by atoms with Crippen LogP contribution in [-0.4, -0.2) is 62.3 Å². The van der Waals surface area contributed by atoms with E-state index in [4.69, 9.17) is 22.8 Å². The normalized spacial score (nSPS) is 19.9. The first-order valence-corrected chi connectivity index (χ1v) is 18.5. The van der Waals surface area contributed by atoms with E-state index in [-0.39, 0.29) is 17.9 Å². The van der Waals surface area contributed by atoms with Crippen molar-refractivity contribution in [2.45, 2.75) is 97.2 Å². The third-order valence-electron chi connectivity index (χ3n) is 6.87. The molecule has 1 aliphatic rings. The first-order chi connectivity index (χ1) is 18.7.